The van der Waals surface area contributed by atoms with Crippen LogP contribution in [-0.2, 0) is 6.18 Å². The Labute approximate surface area is 127 Å². The van der Waals surface area contributed by atoms with E-state index in [1.165, 1.54) is 18.5 Å². The summed E-state index contributed by atoms with van der Waals surface area (Å²) in [5.41, 5.74) is -0.537. The Kier molecular flexibility index (Phi) is 4.08. The van der Waals surface area contributed by atoms with Crippen molar-refractivity contribution >= 4 is 27.4 Å². The van der Waals surface area contributed by atoms with E-state index in [0.29, 0.717) is 0 Å². The highest BCUT2D eigenvalue weighted by molar-refractivity contribution is 9.10. The summed E-state index contributed by atoms with van der Waals surface area (Å²) < 4.78 is 39.8. The maximum absolute atomic E-state index is 12.8. The molecule has 4 nitrogen and oxygen atoms in total. The molecule has 2 aromatic rings. The van der Waals surface area contributed by atoms with Crippen molar-refractivity contribution < 1.29 is 18.0 Å². The summed E-state index contributed by atoms with van der Waals surface area (Å²) >= 11 is 3.04. The van der Waals surface area contributed by atoms with Gasteiger partial charge in [-0.1, -0.05) is 0 Å². The van der Waals surface area contributed by atoms with Crippen LogP contribution in [0.3, 0.4) is 0 Å². The third-order valence-corrected chi connectivity index (χ3v) is 3.25. The maximum atomic E-state index is 12.8. The van der Waals surface area contributed by atoms with Gasteiger partial charge in [-0.25, -0.2) is 4.98 Å². The number of carbonyl (C=O) groups is 1. The lowest BCUT2D eigenvalue weighted by atomic mass is 10.2. The Morgan fingerprint density at radius 1 is 1.43 bits per heavy atom. The fourth-order valence-corrected chi connectivity index (χ4v) is 2.23. The van der Waals surface area contributed by atoms with E-state index in [1.54, 1.807) is 19.0 Å². The number of pyridine rings is 1. The van der Waals surface area contributed by atoms with Gasteiger partial charge in [-0.15, -0.1) is 0 Å². The molecule has 21 heavy (non-hydrogen) atoms. The summed E-state index contributed by atoms with van der Waals surface area (Å²) in [7, 11) is 3.47. The van der Waals surface area contributed by atoms with Gasteiger partial charge in [-0.3, -0.25) is 9.20 Å². The van der Waals surface area contributed by atoms with Gasteiger partial charge in [0.25, 0.3) is 0 Å². The van der Waals surface area contributed by atoms with Gasteiger partial charge in [-0.05, 0) is 22.0 Å². The van der Waals surface area contributed by atoms with Crippen LogP contribution in [0, 0.1) is 0 Å². The quantitative estimate of drug-likeness (QED) is 0.621. The predicted molar refractivity (Wildman–Crippen MR) is 75.1 cm³/mol. The van der Waals surface area contributed by atoms with Crippen molar-refractivity contribution in [2.24, 2.45) is 0 Å². The van der Waals surface area contributed by atoms with Gasteiger partial charge in [0, 0.05) is 32.6 Å². The van der Waals surface area contributed by atoms with E-state index in [-0.39, 0.29) is 15.8 Å². The molecule has 0 saturated carbocycles. The molecule has 2 aromatic heterocycles. The number of imidazole rings is 1. The van der Waals surface area contributed by atoms with Gasteiger partial charge >= 0.3 is 6.18 Å². The molecule has 2 rings (SSSR count). The molecule has 8 heteroatoms. The van der Waals surface area contributed by atoms with E-state index in [1.807, 2.05) is 0 Å². The molecule has 0 unspecified atom stereocenters. The van der Waals surface area contributed by atoms with Crippen molar-refractivity contribution in [1.29, 1.82) is 0 Å². The van der Waals surface area contributed by atoms with Crippen molar-refractivity contribution in [3.05, 3.63) is 46.5 Å². The molecule has 0 bridgehead atoms. The Morgan fingerprint density at radius 2 is 2.10 bits per heavy atom. The van der Waals surface area contributed by atoms with Crippen LogP contribution in [0.2, 0.25) is 0 Å². The first-order chi connectivity index (χ1) is 9.70. The van der Waals surface area contributed by atoms with Crippen molar-refractivity contribution in [2.75, 3.05) is 14.1 Å². The lowest BCUT2D eigenvalue weighted by Gasteiger charge is -2.09. The lowest BCUT2D eigenvalue weighted by Crippen LogP contribution is -2.09. The van der Waals surface area contributed by atoms with E-state index in [9.17, 15) is 18.0 Å². The molecule has 0 aliphatic carbocycles. The van der Waals surface area contributed by atoms with Crippen molar-refractivity contribution in [2.45, 2.75) is 6.18 Å². The zero-order valence-corrected chi connectivity index (χ0v) is 12.7. The van der Waals surface area contributed by atoms with Gasteiger partial charge in [0.05, 0.1) is 16.2 Å². The number of nitrogens with zero attached hydrogens (tertiary/aromatic N) is 3. The minimum atomic E-state index is -4.50. The fraction of sp³-hybridized carbons (Fsp3) is 0.231. The highest BCUT2D eigenvalue weighted by Gasteiger charge is 2.32. The molecule has 0 N–H and O–H groups in total. The Morgan fingerprint density at radius 3 is 2.67 bits per heavy atom. The Hall–Kier alpha value is -1.83. The molecule has 112 valence electrons. The second kappa shape index (κ2) is 5.51. The minimum Gasteiger partial charge on any atom is -0.383 e. The third kappa shape index (κ3) is 3.26. The molecule has 0 spiro atoms. The monoisotopic (exact) mass is 361 g/mol. The first-order valence-electron chi connectivity index (χ1n) is 5.83. The molecular weight excluding hydrogens is 351 g/mol. The van der Waals surface area contributed by atoms with Crippen molar-refractivity contribution in [3.63, 3.8) is 0 Å². The normalized spacial score (nSPS) is 12.3. The van der Waals surface area contributed by atoms with Gasteiger partial charge in [0.15, 0.2) is 5.65 Å². The molecule has 0 aromatic carbocycles. The zero-order valence-electron chi connectivity index (χ0n) is 11.1. The molecule has 0 fully saturated rings. The fourth-order valence-electron chi connectivity index (χ4n) is 1.69. The number of hydrogen-bond donors (Lipinski definition) is 0. The highest BCUT2D eigenvalue weighted by atomic mass is 79.9. The Bertz CT molecular complexity index is 719. The summed E-state index contributed by atoms with van der Waals surface area (Å²) in [6, 6.07) is 0.937. The number of ketones is 1. The topological polar surface area (TPSA) is 37.6 Å². The van der Waals surface area contributed by atoms with E-state index in [2.05, 4.69) is 20.9 Å². The molecule has 0 radical (unpaired) electrons. The average molecular weight is 362 g/mol. The number of hydrogen-bond acceptors (Lipinski definition) is 3. The second-order valence-electron chi connectivity index (χ2n) is 4.56. The van der Waals surface area contributed by atoms with Crippen molar-refractivity contribution in [3.8, 4) is 0 Å². The SMILES string of the molecule is CN(C)C=CC(=O)c1cnc2c(Br)cc(C(F)(F)F)cn12. The molecule has 0 saturated heterocycles. The first-order valence-corrected chi connectivity index (χ1v) is 6.62. The minimum absolute atomic E-state index is 0.0647. The van der Waals surface area contributed by atoms with Crippen LogP contribution in [0.4, 0.5) is 13.2 Å². The molecule has 0 atom stereocenters. The lowest BCUT2D eigenvalue weighted by molar-refractivity contribution is -0.137. The molecule has 0 aliphatic rings. The van der Waals surface area contributed by atoms with E-state index in [4.69, 9.17) is 0 Å². The van der Waals surface area contributed by atoms with E-state index < -0.39 is 17.5 Å². The third-order valence-electron chi connectivity index (χ3n) is 2.66. The van der Waals surface area contributed by atoms with Gasteiger partial charge < -0.3 is 4.90 Å². The van der Waals surface area contributed by atoms with Crippen LogP contribution in [0.5, 0.6) is 0 Å². The first kappa shape index (κ1) is 15.6. The summed E-state index contributed by atoms with van der Waals surface area (Å²) in [5.74, 6) is -0.428. The van der Waals surface area contributed by atoms with E-state index in [0.717, 1.165) is 16.7 Å². The largest absolute Gasteiger partial charge is 0.417 e. The molecule has 0 amide bonds. The molecular formula is C13H11BrF3N3O. The van der Waals surface area contributed by atoms with Crippen molar-refractivity contribution in [1.82, 2.24) is 14.3 Å². The van der Waals surface area contributed by atoms with E-state index >= 15 is 0 Å². The number of halogens is 4. The standard InChI is InChI=1S/C13H11BrF3N3O/c1-19(2)4-3-11(21)10-6-18-12-9(14)5-8(7-20(10)12)13(15,16)17/h3-7H,1-2H3. The maximum Gasteiger partial charge on any atom is 0.417 e. The number of allylic oxidation sites excluding steroid dienone is 1. The summed E-state index contributed by atoms with van der Waals surface area (Å²) in [6.07, 6.45) is 0.412. The van der Waals surface area contributed by atoms with Crippen LogP contribution in [0.15, 0.2) is 35.2 Å². The number of carbonyl (C=O) groups excluding carboxylic acids is 1. The number of rotatable bonds is 3. The average Bonchev–Trinajstić information content (AvgIpc) is 2.79. The predicted octanol–water partition coefficient (Wildman–Crippen LogP) is 3.37. The Balaban J connectivity index is 2.56. The van der Waals surface area contributed by atoms with Crippen LogP contribution in [0.1, 0.15) is 16.1 Å². The zero-order chi connectivity index (χ0) is 15.8. The molecule has 0 aliphatic heterocycles. The number of aromatic nitrogens is 2. The van der Waals surface area contributed by atoms with Crippen LogP contribution < -0.4 is 0 Å². The van der Waals surface area contributed by atoms with Crippen LogP contribution in [-0.4, -0.2) is 34.2 Å². The van der Waals surface area contributed by atoms with Gasteiger partial charge in [0.2, 0.25) is 5.78 Å². The van der Waals surface area contributed by atoms with Gasteiger partial charge in [-0.2, -0.15) is 13.2 Å². The highest BCUT2D eigenvalue weighted by Crippen LogP contribution is 2.32. The summed E-state index contributed by atoms with van der Waals surface area (Å²) in [6.45, 7) is 0. The van der Waals surface area contributed by atoms with Crippen LogP contribution >= 0.6 is 15.9 Å². The summed E-state index contributed by atoms with van der Waals surface area (Å²) in [4.78, 5) is 17.6. The van der Waals surface area contributed by atoms with Gasteiger partial charge in [0.1, 0.15) is 5.69 Å². The smallest absolute Gasteiger partial charge is 0.383 e. The summed E-state index contributed by atoms with van der Waals surface area (Å²) in [5, 5.41) is 0. The number of alkyl halides is 3. The number of fused-ring (bicyclic) bond motifs is 1. The van der Waals surface area contributed by atoms with Crippen LogP contribution in [0.25, 0.3) is 5.65 Å². The second-order valence-corrected chi connectivity index (χ2v) is 5.41. The molecule has 2 heterocycles.